The lowest BCUT2D eigenvalue weighted by molar-refractivity contribution is -0.139. The van der Waals surface area contributed by atoms with Crippen molar-refractivity contribution < 1.29 is 22.1 Å². The Morgan fingerprint density at radius 2 is 1.93 bits per heavy atom. The van der Waals surface area contributed by atoms with Gasteiger partial charge in [0.15, 0.2) is 0 Å². The highest BCUT2D eigenvalue weighted by Gasteiger charge is 2.04. The zero-order chi connectivity index (χ0) is 11.2. The van der Waals surface area contributed by atoms with Crippen molar-refractivity contribution >= 4 is 16.1 Å². The second kappa shape index (κ2) is 5.77. The van der Waals surface area contributed by atoms with Gasteiger partial charge in [0, 0.05) is 12.0 Å². The maximum absolute atomic E-state index is 10.8. The molecule has 0 aliphatic carbocycles. The molecule has 0 aliphatic rings. The Morgan fingerprint density at radius 1 is 1.36 bits per heavy atom. The van der Waals surface area contributed by atoms with Gasteiger partial charge in [0.1, 0.15) is 0 Å². The van der Waals surface area contributed by atoms with E-state index in [-0.39, 0.29) is 13.2 Å². The van der Waals surface area contributed by atoms with Gasteiger partial charge in [-0.15, -0.1) is 0 Å². The molecule has 5 nitrogen and oxygen atoms in total. The summed E-state index contributed by atoms with van der Waals surface area (Å²) in [7, 11) is -3.40. The van der Waals surface area contributed by atoms with E-state index in [4.69, 9.17) is 4.74 Å². The van der Waals surface area contributed by atoms with Crippen LogP contribution in [0.1, 0.15) is 13.3 Å². The third kappa shape index (κ3) is 7.75. The maximum atomic E-state index is 10.8. The van der Waals surface area contributed by atoms with Crippen molar-refractivity contribution in [2.24, 2.45) is 0 Å². The summed E-state index contributed by atoms with van der Waals surface area (Å²) in [5.41, 5.74) is 0.314. The monoisotopic (exact) mass is 222 g/mol. The molecule has 0 N–H and O–H groups in total. The summed E-state index contributed by atoms with van der Waals surface area (Å²) in [5.74, 6) is -0.482. The van der Waals surface area contributed by atoms with Crippen molar-refractivity contribution in [3.8, 4) is 0 Å². The Balaban J connectivity index is 3.49. The lowest BCUT2D eigenvalue weighted by Gasteiger charge is -2.03. The van der Waals surface area contributed by atoms with Gasteiger partial charge in [-0.25, -0.2) is 4.79 Å². The molecule has 0 rings (SSSR count). The van der Waals surface area contributed by atoms with Crippen LogP contribution in [0.3, 0.4) is 0 Å². The summed E-state index contributed by atoms with van der Waals surface area (Å²) in [6, 6.07) is 0. The minimum Gasteiger partial charge on any atom is -0.462 e. The Hall–Kier alpha value is -0.880. The molecule has 0 radical (unpaired) electrons. The minimum atomic E-state index is -3.40. The molecule has 14 heavy (non-hydrogen) atoms. The lowest BCUT2D eigenvalue weighted by Crippen LogP contribution is -2.10. The van der Waals surface area contributed by atoms with Crippen LogP contribution in [0.25, 0.3) is 0 Å². The maximum Gasteiger partial charge on any atom is 0.333 e. The Morgan fingerprint density at radius 3 is 2.36 bits per heavy atom. The molecule has 0 spiro atoms. The van der Waals surface area contributed by atoms with Crippen LogP contribution >= 0.6 is 0 Å². The van der Waals surface area contributed by atoms with Crippen molar-refractivity contribution in [2.45, 2.75) is 13.3 Å². The van der Waals surface area contributed by atoms with E-state index in [1.807, 2.05) is 0 Å². The molecule has 82 valence electrons. The number of carbonyl (C=O) groups is 1. The molecule has 0 saturated carbocycles. The molecule has 0 unspecified atom stereocenters. The largest absolute Gasteiger partial charge is 0.462 e. The van der Waals surface area contributed by atoms with Crippen LogP contribution in [0.15, 0.2) is 12.2 Å². The zero-order valence-electron chi connectivity index (χ0n) is 8.28. The molecule has 0 fully saturated rings. The van der Waals surface area contributed by atoms with E-state index in [1.165, 1.54) is 6.92 Å². The first-order chi connectivity index (χ1) is 6.33. The number of hydrogen-bond donors (Lipinski definition) is 0. The van der Waals surface area contributed by atoms with Crippen LogP contribution in [0, 0.1) is 0 Å². The van der Waals surface area contributed by atoms with Crippen molar-refractivity contribution in [3.05, 3.63) is 12.2 Å². The van der Waals surface area contributed by atoms with E-state index in [0.29, 0.717) is 12.0 Å². The fourth-order valence-electron chi connectivity index (χ4n) is 0.557. The molecule has 0 aromatic heterocycles. The quantitative estimate of drug-likeness (QED) is 0.283. The van der Waals surface area contributed by atoms with Crippen molar-refractivity contribution in [1.82, 2.24) is 0 Å². The fraction of sp³-hybridized carbons (Fsp3) is 0.625. The molecule has 6 heteroatoms. The Labute approximate surface area is 83.8 Å². The van der Waals surface area contributed by atoms with E-state index in [0.717, 1.165) is 6.26 Å². The van der Waals surface area contributed by atoms with Gasteiger partial charge in [0.25, 0.3) is 10.1 Å². The first-order valence-electron chi connectivity index (χ1n) is 4.00. The zero-order valence-corrected chi connectivity index (χ0v) is 9.09. The predicted molar refractivity (Wildman–Crippen MR) is 51.2 cm³/mol. The number of carbonyl (C=O) groups excluding carboxylic acids is 1. The minimum absolute atomic E-state index is 0.0162. The highest BCUT2D eigenvalue weighted by Crippen LogP contribution is 1.95. The smallest absolute Gasteiger partial charge is 0.333 e. The SMILES string of the molecule is C=C(C)C(=O)OCCCOS(C)(=O)=O. The fourth-order valence-corrected chi connectivity index (χ4v) is 0.978. The highest BCUT2D eigenvalue weighted by atomic mass is 32.2. The van der Waals surface area contributed by atoms with Crippen LogP contribution in [0.5, 0.6) is 0 Å². The first-order valence-corrected chi connectivity index (χ1v) is 5.81. The average molecular weight is 222 g/mol. The van der Waals surface area contributed by atoms with Crippen LogP contribution < -0.4 is 0 Å². The van der Waals surface area contributed by atoms with E-state index < -0.39 is 16.1 Å². The second-order valence-electron chi connectivity index (χ2n) is 2.80. The lowest BCUT2D eigenvalue weighted by atomic mass is 10.4. The van der Waals surface area contributed by atoms with Gasteiger partial charge < -0.3 is 4.74 Å². The molecule has 0 aromatic carbocycles. The molecule has 0 bridgehead atoms. The summed E-state index contributed by atoms with van der Waals surface area (Å²) in [6.07, 6.45) is 1.30. The molecule has 0 amide bonds. The Kier molecular flexibility index (Phi) is 5.40. The third-order valence-corrected chi connectivity index (χ3v) is 1.76. The molecule has 0 aliphatic heterocycles. The normalized spacial score (nSPS) is 11.0. The Bertz CT molecular complexity index is 304. The summed E-state index contributed by atoms with van der Waals surface area (Å²) in [5, 5.41) is 0. The summed E-state index contributed by atoms with van der Waals surface area (Å²) in [6.45, 7) is 5.07. The second-order valence-corrected chi connectivity index (χ2v) is 4.44. The number of rotatable bonds is 6. The van der Waals surface area contributed by atoms with E-state index >= 15 is 0 Å². The summed E-state index contributed by atoms with van der Waals surface area (Å²) < 4.78 is 30.1. The van der Waals surface area contributed by atoms with Crippen LogP contribution in [-0.4, -0.2) is 33.9 Å². The third-order valence-electron chi connectivity index (χ3n) is 1.17. The molecular weight excluding hydrogens is 208 g/mol. The number of ether oxygens (including phenoxy) is 1. The van der Waals surface area contributed by atoms with Gasteiger partial charge >= 0.3 is 5.97 Å². The highest BCUT2D eigenvalue weighted by molar-refractivity contribution is 7.85. The summed E-state index contributed by atoms with van der Waals surface area (Å²) in [4.78, 5) is 10.8. The first kappa shape index (κ1) is 13.1. The average Bonchev–Trinajstić information content (AvgIpc) is 2.01. The summed E-state index contributed by atoms with van der Waals surface area (Å²) >= 11 is 0. The predicted octanol–water partition coefficient (Wildman–Crippen LogP) is 0.472. The van der Waals surface area contributed by atoms with Gasteiger partial charge in [-0.05, 0) is 6.92 Å². The van der Waals surface area contributed by atoms with Crippen LogP contribution in [0.4, 0.5) is 0 Å². The van der Waals surface area contributed by atoms with Gasteiger partial charge in [0.05, 0.1) is 19.5 Å². The van der Waals surface area contributed by atoms with E-state index in [9.17, 15) is 13.2 Å². The van der Waals surface area contributed by atoms with Crippen molar-refractivity contribution in [3.63, 3.8) is 0 Å². The topological polar surface area (TPSA) is 69.7 Å². The molecule has 0 aromatic rings. The number of hydrogen-bond acceptors (Lipinski definition) is 5. The van der Waals surface area contributed by atoms with Gasteiger partial charge in [-0.3, -0.25) is 4.18 Å². The number of esters is 1. The van der Waals surface area contributed by atoms with Crippen molar-refractivity contribution in [1.29, 1.82) is 0 Å². The van der Waals surface area contributed by atoms with Crippen molar-refractivity contribution in [2.75, 3.05) is 19.5 Å². The molecule has 0 heterocycles. The van der Waals surface area contributed by atoms with Crippen LogP contribution in [0.2, 0.25) is 0 Å². The van der Waals surface area contributed by atoms with Crippen LogP contribution in [-0.2, 0) is 23.8 Å². The van der Waals surface area contributed by atoms with Gasteiger partial charge in [-0.2, -0.15) is 8.42 Å². The van der Waals surface area contributed by atoms with Gasteiger partial charge in [-0.1, -0.05) is 6.58 Å². The standard InChI is InChI=1S/C8H14O5S/c1-7(2)8(9)12-5-4-6-13-14(3,10)11/h1,4-6H2,2-3H3. The van der Waals surface area contributed by atoms with Gasteiger partial charge in [0.2, 0.25) is 0 Å². The molecular formula is C8H14O5S. The molecule has 0 atom stereocenters. The van der Waals surface area contributed by atoms with E-state index in [2.05, 4.69) is 10.8 Å². The molecule has 0 saturated heterocycles. The van der Waals surface area contributed by atoms with E-state index in [1.54, 1.807) is 0 Å².